The molecule has 0 bridgehead atoms. The Hall–Kier alpha value is -0.120. The summed E-state index contributed by atoms with van der Waals surface area (Å²) in [5.41, 5.74) is 0. The van der Waals surface area contributed by atoms with Crippen molar-refractivity contribution >= 4 is 0 Å². The van der Waals surface area contributed by atoms with Gasteiger partial charge in [-0.3, -0.25) is 0 Å². The average molecular weight is 217 g/mol. The topological polar surface area (TPSA) is 30.5 Å². The first-order valence-electron chi connectivity index (χ1n) is 6.02. The molecule has 0 amide bonds. The minimum absolute atomic E-state index is 0.580. The summed E-state index contributed by atoms with van der Waals surface area (Å²) in [4.78, 5) is 0. The van der Waals surface area contributed by atoms with Crippen LogP contribution in [0.25, 0.3) is 0 Å². The Labute approximate surface area is 94.5 Å². The van der Waals surface area contributed by atoms with Crippen molar-refractivity contribution in [3.05, 3.63) is 0 Å². The van der Waals surface area contributed by atoms with Gasteiger partial charge in [-0.15, -0.1) is 0 Å². The third-order valence-electron chi connectivity index (χ3n) is 2.72. The number of hydrogen-bond donors (Lipinski definition) is 1. The van der Waals surface area contributed by atoms with E-state index in [0.29, 0.717) is 25.2 Å². The molecule has 0 spiro atoms. The largest absolute Gasteiger partial charge is 0.382 e. The van der Waals surface area contributed by atoms with E-state index in [4.69, 9.17) is 9.47 Å². The lowest BCUT2D eigenvalue weighted by Gasteiger charge is -2.21. The van der Waals surface area contributed by atoms with Gasteiger partial charge in [0.25, 0.3) is 0 Å². The Morgan fingerprint density at radius 2 is 1.87 bits per heavy atom. The quantitative estimate of drug-likeness (QED) is 0.568. The molecule has 0 saturated carbocycles. The Morgan fingerprint density at radius 3 is 2.47 bits per heavy atom. The van der Waals surface area contributed by atoms with Crippen LogP contribution in [-0.2, 0) is 9.47 Å². The predicted octanol–water partition coefficient (Wildman–Crippen LogP) is 2.06. The molecule has 0 aromatic carbocycles. The van der Waals surface area contributed by atoms with Crippen LogP contribution in [0.1, 0.15) is 33.6 Å². The molecule has 2 unspecified atom stereocenters. The highest BCUT2D eigenvalue weighted by molar-refractivity contribution is 4.67. The number of nitrogens with one attached hydrogen (secondary N) is 1. The molecule has 0 radical (unpaired) electrons. The van der Waals surface area contributed by atoms with Crippen molar-refractivity contribution in [2.24, 2.45) is 5.92 Å². The monoisotopic (exact) mass is 217 g/mol. The number of rotatable bonds is 10. The highest BCUT2D eigenvalue weighted by Crippen LogP contribution is 2.07. The van der Waals surface area contributed by atoms with Crippen molar-refractivity contribution in [3.63, 3.8) is 0 Å². The first kappa shape index (κ1) is 14.9. The molecule has 0 aliphatic carbocycles. The van der Waals surface area contributed by atoms with E-state index in [9.17, 15) is 0 Å². The van der Waals surface area contributed by atoms with Crippen LogP contribution in [0.3, 0.4) is 0 Å². The smallest absolute Gasteiger partial charge is 0.0700 e. The van der Waals surface area contributed by atoms with Gasteiger partial charge in [0.05, 0.1) is 13.2 Å². The number of ether oxygens (including phenoxy) is 2. The molecule has 3 nitrogen and oxygen atoms in total. The maximum Gasteiger partial charge on any atom is 0.0700 e. The van der Waals surface area contributed by atoms with Crippen molar-refractivity contribution in [1.82, 2.24) is 5.32 Å². The maximum absolute atomic E-state index is 5.45. The van der Waals surface area contributed by atoms with Gasteiger partial charge in [-0.2, -0.15) is 0 Å². The van der Waals surface area contributed by atoms with Gasteiger partial charge in [-0.05, 0) is 32.2 Å². The Kier molecular flexibility index (Phi) is 10.3. The van der Waals surface area contributed by atoms with Crippen molar-refractivity contribution < 1.29 is 9.47 Å². The van der Waals surface area contributed by atoms with Crippen LogP contribution < -0.4 is 5.32 Å². The molecule has 2 atom stereocenters. The van der Waals surface area contributed by atoms with Gasteiger partial charge < -0.3 is 14.8 Å². The van der Waals surface area contributed by atoms with E-state index in [0.717, 1.165) is 19.6 Å². The van der Waals surface area contributed by atoms with Gasteiger partial charge in [-0.25, -0.2) is 0 Å². The van der Waals surface area contributed by atoms with Gasteiger partial charge in [0, 0.05) is 19.8 Å². The van der Waals surface area contributed by atoms with Gasteiger partial charge in [-0.1, -0.05) is 13.8 Å². The summed E-state index contributed by atoms with van der Waals surface area (Å²) in [7, 11) is 1.70. The summed E-state index contributed by atoms with van der Waals surface area (Å²) in [6.07, 6.45) is 2.31. The molecule has 0 aromatic heterocycles. The van der Waals surface area contributed by atoms with E-state index in [2.05, 4.69) is 26.1 Å². The molecule has 0 saturated heterocycles. The standard InChI is InChI=1S/C12H27NO2/c1-5-7-13-12(3)11(2)6-8-15-10-9-14-4/h11-13H,5-10H2,1-4H3. The van der Waals surface area contributed by atoms with E-state index < -0.39 is 0 Å². The summed E-state index contributed by atoms with van der Waals surface area (Å²) in [5.74, 6) is 0.666. The van der Waals surface area contributed by atoms with Crippen LogP contribution in [0.2, 0.25) is 0 Å². The van der Waals surface area contributed by atoms with E-state index in [1.54, 1.807) is 7.11 Å². The fraction of sp³-hybridized carbons (Fsp3) is 1.00. The second-order valence-corrected chi connectivity index (χ2v) is 4.11. The lowest BCUT2D eigenvalue weighted by atomic mass is 10.0. The number of hydrogen-bond acceptors (Lipinski definition) is 3. The second-order valence-electron chi connectivity index (χ2n) is 4.11. The van der Waals surface area contributed by atoms with E-state index in [1.165, 1.54) is 6.42 Å². The summed E-state index contributed by atoms with van der Waals surface area (Å²) in [6, 6.07) is 0.580. The molecular weight excluding hydrogens is 190 g/mol. The molecule has 1 N–H and O–H groups in total. The van der Waals surface area contributed by atoms with Crippen LogP contribution in [-0.4, -0.2) is 39.5 Å². The van der Waals surface area contributed by atoms with E-state index in [1.807, 2.05) is 0 Å². The number of methoxy groups -OCH3 is 1. The molecular formula is C12H27NO2. The third-order valence-corrected chi connectivity index (χ3v) is 2.72. The maximum atomic E-state index is 5.45. The van der Waals surface area contributed by atoms with Gasteiger partial charge in [0.1, 0.15) is 0 Å². The second kappa shape index (κ2) is 10.4. The lowest BCUT2D eigenvalue weighted by Crippen LogP contribution is -2.33. The summed E-state index contributed by atoms with van der Waals surface area (Å²) in [6.45, 7) is 10.1. The van der Waals surface area contributed by atoms with Crippen LogP contribution in [0.4, 0.5) is 0 Å². The molecule has 92 valence electrons. The molecule has 3 heteroatoms. The summed E-state index contributed by atoms with van der Waals surface area (Å²) in [5, 5.41) is 3.50. The minimum Gasteiger partial charge on any atom is -0.382 e. The molecule has 15 heavy (non-hydrogen) atoms. The van der Waals surface area contributed by atoms with Crippen LogP contribution in [0.15, 0.2) is 0 Å². The van der Waals surface area contributed by atoms with Crippen LogP contribution >= 0.6 is 0 Å². The molecule has 0 aliphatic heterocycles. The van der Waals surface area contributed by atoms with Crippen molar-refractivity contribution in [3.8, 4) is 0 Å². The highest BCUT2D eigenvalue weighted by atomic mass is 16.5. The average Bonchev–Trinajstić information content (AvgIpc) is 2.25. The molecule has 0 aliphatic rings. The van der Waals surface area contributed by atoms with Crippen LogP contribution in [0, 0.1) is 5.92 Å². The Balaban J connectivity index is 3.34. The molecule has 0 rings (SSSR count). The van der Waals surface area contributed by atoms with E-state index in [-0.39, 0.29) is 0 Å². The lowest BCUT2D eigenvalue weighted by molar-refractivity contribution is 0.0627. The first-order valence-corrected chi connectivity index (χ1v) is 6.02. The van der Waals surface area contributed by atoms with Crippen molar-refractivity contribution in [2.45, 2.75) is 39.7 Å². The predicted molar refractivity (Wildman–Crippen MR) is 64.2 cm³/mol. The molecule has 0 aromatic rings. The Morgan fingerprint density at radius 1 is 1.13 bits per heavy atom. The first-order chi connectivity index (χ1) is 7.22. The van der Waals surface area contributed by atoms with Gasteiger partial charge >= 0.3 is 0 Å². The van der Waals surface area contributed by atoms with Gasteiger partial charge in [0.2, 0.25) is 0 Å². The van der Waals surface area contributed by atoms with E-state index >= 15 is 0 Å². The SMILES string of the molecule is CCCNC(C)C(C)CCOCCOC. The molecule has 0 fully saturated rings. The Bertz CT molecular complexity index is 131. The zero-order valence-electron chi connectivity index (χ0n) is 10.7. The normalized spacial score (nSPS) is 15.2. The minimum atomic E-state index is 0.580. The van der Waals surface area contributed by atoms with Gasteiger partial charge in [0.15, 0.2) is 0 Å². The highest BCUT2D eigenvalue weighted by Gasteiger charge is 2.10. The zero-order valence-corrected chi connectivity index (χ0v) is 10.7. The third kappa shape index (κ3) is 8.85. The summed E-state index contributed by atoms with van der Waals surface area (Å²) < 4.78 is 10.4. The zero-order chi connectivity index (χ0) is 11.5. The van der Waals surface area contributed by atoms with Crippen LogP contribution in [0.5, 0.6) is 0 Å². The van der Waals surface area contributed by atoms with Crippen molar-refractivity contribution in [1.29, 1.82) is 0 Å². The summed E-state index contributed by atoms with van der Waals surface area (Å²) >= 11 is 0. The van der Waals surface area contributed by atoms with Crippen molar-refractivity contribution in [2.75, 3.05) is 33.5 Å². The molecule has 0 heterocycles. The fourth-order valence-electron chi connectivity index (χ4n) is 1.34. The fourth-order valence-corrected chi connectivity index (χ4v) is 1.34.